The average molecular weight is 353 g/mol. The molecule has 1 aliphatic rings. The number of amides is 1. The summed E-state index contributed by atoms with van der Waals surface area (Å²) in [6, 6.07) is 11.2. The maximum Gasteiger partial charge on any atom is 0.243 e. The summed E-state index contributed by atoms with van der Waals surface area (Å²) >= 11 is 0. The van der Waals surface area contributed by atoms with Crippen LogP contribution >= 0.6 is 0 Å². The number of aryl methyl sites for hydroxylation is 1. The summed E-state index contributed by atoms with van der Waals surface area (Å²) in [6.07, 6.45) is 0.971. The highest BCUT2D eigenvalue weighted by atomic mass is 16.5. The van der Waals surface area contributed by atoms with E-state index in [0.717, 1.165) is 44.0 Å². The van der Waals surface area contributed by atoms with Gasteiger partial charge in [-0.1, -0.05) is 5.16 Å². The van der Waals surface area contributed by atoms with Crippen molar-refractivity contribution in [1.82, 2.24) is 10.1 Å². The van der Waals surface area contributed by atoms with Crippen LogP contribution in [0.3, 0.4) is 0 Å². The Labute approximate surface area is 153 Å². The lowest BCUT2D eigenvalue weighted by Gasteiger charge is -2.27. The number of benzene rings is 1. The molecule has 1 saturated heterocycles. The van der Waals surface area contributed by atoms with Crippen molar-refractivity contribution in [1.29, 1.82) is 5.26 Å². The molecule has 0 spiro atoms. The molecule has 1 fully saturated rings. The molecule has 7 nitrogen and oxygen atoms in total. The zero-order chi connectivity index (χ0) is 18.5. The Hall–Kier alpha value is -2.85. The van der Waals surface area contributed by atoms with Crippen LogP contribution in [0.5, 0.6) is 0 Å². The number of rotatable bonds is 4. The van der Waals surface area contributed by atoms with Crippen molar-refractivity contribution in [3.8, 4) is 6.07 Å². The largest absolute Gasteiger partial charge is 0.370 e. The van der Waals surface area contributed by atoms with E-state index in [2.05, 4.69) is 26.3 Å². The van der Waals surface area contributed by atoms with Gasteiger partial charge in [-0.25, -0.2) is 0 Å². The molecule has 1 unspecified atom stereocenters. The first kappa shape index (κ1) is 18.0. The minimum absolute atomic E-state index is 0.0898. The van der Waals surface area contributed by atoms with E-state index in [-0.39, 0.29) is 11.9 Å². The molecule has 136 valence electrons. The van der Waals surface area contributed by atoms with Gasteiger partial charge in [-0.15, -0.1) is 0 Å². The SMILES string of the molecule is Cc1cc(NC(=O)C(C)N2CCCN(c3ccc(C#N)cc3)CC2)on1. The molecule has 1 aromatic heterocycles. The van der Waals surface area contributed by atoms with Gasteiger partial charge >= 0.3 is 0 Å². The number of carbonyl (C=O) groups excluding carboxylic acids is 1. The van der Waals surface area contributed by atoms with Gasteiger partial charge in [0, 0.05) is 37.9 Å². The molecule has 0 saturated carbocycles. The summed E-state index contributed by atoms with van der Waals surface area (Å²) in [5, 5.41) is 15.5. The summed E-state index contributed by atoms with van der Waals surface area (Å²) in [5.74, 6) is 0.293. The zero-order valence-corrected chi connectivity index (χ0v) is 15.1. The first-order chi connectivity index (χ1) is 12.6. The Morgan fingerprint density at radius 1 is 1.27 bits per heavy atom. The van der Waals surface area contributed by atoms with E-state index in [9.17, 15) is 4.79 Å². The van der Waals surface area contributed by atoms with E-state index in [1.807, 2.05) is 38.1 Å². The van der Waals surface area contributed by atoms with E-state index in [0.29, 0.717) is 11.4 Å². The van der Waals surface area contributed by atoms with E-state index in [4.69, 9.17) is 9.78 Å². The van der Waals surface area contributed by atoms with Crippen molar-refractivity contribution in [2.24, 2.45) is 0 Å². The van der Waals surface area contributed by atoms with Crippen LogP contribution in [0.2, 0.25) is 0 Å². The predicted octanol–water partition coefficient (Wildman–Crippen LogP) is 2.39. The third-order valence-corrected chi connectivity index (χ3v) is 4.69. The van der Waals surface area contributed by atoms with Crippen LogP contribution in [-0.4, -0.2) is 48.2 Å². The van der Waals surface area contributed by atoms with Gasteiger partial charge in [0.1, 0.15) is 0 Å². The fourth-order valence-corrected chi connectivity index (χ4v) is 3.14. The highest BCUT2D eigenvalue weighted by Gasteiger charge is 2.25. The molecule has 1 atom stereocenters. The fourth-order valence-electron chi connectivity index (χ4n) is 3.14. The Morgan fingerprint density at radius 2 is 2.04 bits per heavy atom. The third kappa shape index (κ3) is 4.21. The zero-order valence-electron chi connectivity index (χ0n) is 15.1. The summed E-state index contributed by atoms with van der Waals surface area (Å²) < 4.78 is 5.06. The van der Waals surface area contributed by atoms with Crippen molar-refractivity contribution in [2.75, 3.05) is 36.4 Å². The van der Waals surface area contributed by atoms with E-state index in [1.54, 1.807) is 6.07 Å². The third-order valence-electron chi connectivity index (χ3n) is 4.69. The van der Waals surface area contributed by atoms with Gasteiger partial charge in [-0.05, 0) is 44.5 Å². The van der Waals surface area contributed by atoms with Gasteiger partial charge in [0.25, 0.3) is 0 Å². The monoisotopic (exact) mass is 353 g/mol. The highest BCUT2D eigenvalue weighted by molar-refractivity contribution is 5.93. The van der Waals surface area contributed by atoms with Gasteiger partial charge in [0.2, 0.25) is 11.8 Å². The topological polar surface area (TPSA) is 85.4 Å². The second kappa shape index (κ2) is 8.02. The van der Waals surface area contributed by atoms with Crippen LogP contribution in [0.4, 0.5) is 11.6 Å². The Bertz CT molecular complexity index is 793. The molecule has 0 radical (unpaired) electrons. The molecule has 1 aromatic carbocycles. The average Bonchev–Trinajstić information content (AvgIpc) is 2.92. The molecule has 0 aliphatic carbocycles. The summed E-state index contributed by atoms with van der Waals surface area (Å²) in [4.78, 5) is 17.0. The van der Waals surface area contributed by atoms with Gasteiger partial charge in [-0.3, -0.25) is 15.0 Å². The number of nitrogens with zero attached hydrogens (tertiary/aromatic N) is 4. The number of hydrogen-bond acceptors (Lipinski definition) is 6. The van der Waals surface area contributed by atoms with Gasteiger partial charge in [0.15, 0.2) is 0 Å². The minimum atomic E-state index is -0.249. The highest BCUT2D eigenvalue weighted by Crippen LogP contribution is 2.18. The van der Waals surface area contributed by atoms with Crippen molar-refractivity contribution in [3.63, 3.8) is 0 Å². The smallest absolute Gasteiger partial charge is 0.243 e. The standard InChI is InChI=1S/C19H23N5O2/c1-14-12-18(26-22-14)21-19(25)15(2)23-8-3-9-24(11-10-23)17-6-4-16(13-20)5-7-17/h4-7,12,15H,3,8-11H2,1-2H3,(H,21,25). The summed E-state index contributed by atoms with van der Waals surface area (Å²) in [7, 11) is 0. The number of anilines is 2. The van der Waals surface area contributed by atoms with Crippen molar-refractivity contribution < 1.29 is 9.32 Å². The van der Waals surface area contributed by atoms with Gasteiger partial charge < -0.3 is 9.42 Å². The normalized spacial score (nSPS) is 16.6. The predicted molar refractivity (Wildman–Crippen MR) is 98.9 cm³/mol. The number of hydrogen-bond donors (Lipinski definition) is 1. The molecule has 26 heavy (non-hydrogen) atoms. The molecule has 1 aliphatic heterocycles. The van der Waals surface area contributed by atoms with E-state index in [1.165, 1.54) is 0 Å². The van der Waals surface area contributed by atoms with Crippen molar-refractivity contribution >= 4 is 17.5 Å². The molecular weight excluding hydrogens is 330 g/mol. The molecule has 0 bridgehead atoms. The van der Waals surface area contributed by atoms with E-state index < -0.39 is 0 Å². The fraction of sp³-hybridized carbons (Fsp3) is 0.421. The van der Waals surface area contributed by atoms with Gasteiger partial charge in [0.05, 0.1) is 23.4 Å². The van der Waals surface area contributed by atoms with Crippen LogP contribution in [0.25, 0.3) is 0 Å². The van der Waals surface area contributed by atoms with Crippen LogP contribution in [-0.2, 0) is 4.79 Å². The van der Waals surface area contributed by atoms with Crippen LogP contribution in [0.1, 0.15) is 24.6 Å². The molecule has 1 amide bonds. The lowest BCUT2D eigenvalue weighted by Crippen LogP contribution is -2.43. The van der Waals surface area contributed by atoms with Gasteiger partial charge in [-0.2, -0.15) is 5.26 Å². The van der Waals surface area contributed by atoms with Crippen LogP contribution < -0.4 is 10.2 Å². The molecule has 1 N–H and O–H groups in total. The molecule has 2 heterocycles. The second-order valence-electron chi connectivity index (χ2n) is 6.53. The lowest BCUT2D eigenvalue weighted by atomic mass is 10.2. The lowest BCUT2D eigenvalue weighted by molar-refractivity contribution is -0.120. The summed E-state index contributed by atoms with van der Waals surface area (Å²) in [5.41, 5.74) is 2.51. The minimum Gasteiger partial charge on any atom is -0.370 e. The Balaban J connectivity index is 1.58. The maximum atomic E-state index is 12.5. The number of aromatic nitrogens is 1. The Morgan fingerprint density at radius 3 is 2.69 bits per heavy atom. The Kier molecular flexibility index (Phi) is 5.54. The maximum absolute atomic E-state index is 12.5. The first-order valence-corrected chi connectivity index (χ1v) is 8.80. The van der Waals surface area contributed by atoms with Crippen molar-refractivity contribution in [3.05, 3.63) is 41.6 Å². The van der Waals surface area contributed by atoms with Crippen molar-refractivity contribution in [2.45, 2.75) is 26.3 Å². The molecular formula is C19H23N5O2. The molecule has 2 aromatic rings. The van der Waals surface area contributed by atoms with Crippen LogP contribution in [0, 0.1) is 18.3 Å². The molecule has 7 heteroatoms. The number of nitrogens with one attached hydrogen (secondary N) is 1. The number of carbonyl (C=O) groups is 1. The number of nitriles is 1. The summed E-state index contributed by atoms with van der Waals surface area (Å²) in [6.45, 7) is 7.15. The molecule has 3 rings (SSSR count). The first-order valence-electron chi connectivity index (χ1n) is 8.80. The second-order valence-corrected chi connectivity index (χ2v) is 6.53. The van der Waals surface area contributed by atoms with E-state index >= 15 is 0 Å². The quantitative estimate of drug-likeness (QED) is 0.908. The van der Waals surface area contributed by atoms with Crippen LogP contribution in [0.15, 0.2) is 34.9 Å².